The van der Waals surface area contributed by atoms with Crippen LogP contribution in [-0.2, 0) is 0 Å². The van der Waals surface area contributed by atoms with Gasteiger partial charge in [0.2, 0.25) is 0 Å². The second kappa shape index (κ2) is 11.4. The first-order chi connectivity index (χ1) is 15.0. The fraction of sp³-hybridized carbons (Fsp3) is 0.0870. The molecule has 0 bridgehead atoms. The van der Waals surface area contributed by atoms with E-state index in [1.807, 2.05) is 0 Å². The molecule has 0 spiro atoms. The first-order valence-electron chi connectivity index (χ1n) is 9.07. The average molecular weight is 437 g/mol. The Morgan fingerprint density at radius 2 is 1.77 bits per heavy atom. The van der Waals surface area contributed by atoms with Crippen molar-refractivity contribution < 1.29 is 14.3 Å². The third kappa shape index (κ3) is 6.06. The van der Waals surface area contributed by atoms with Crippen molar-refractivity contribution in [2.75, 3.05) is 24.8 Å². The van der Waals surface area contributed by atoms with Crippen molar-refractivity contribution in [2.24, 2.45) is 5.73 Å². The summed E-state index contributed by atoms with van der Waals surface area (Å²) < 4.78 is 5.32. The summed E-state index contributed by atoms with van der Waals surface area (Å²) >= 11 is 6.13. The molecular weight excluding hydrogens is 416 g/mol. The highest BCUT2D eigenvalue weighted by Crippen LogP contribution is 2.33. The zero-order valence-electron chi connectivity index (χ0n) is 17.0. The molecular formula is C23H21ClN4O3. The number of nitrogens with zero attached hydrogens (tertiary/aromatic N) is 1. The molecule has 0 unspecified atom stereocenters. The number of hydrogen-bond donors (Lipinski definition) is 3. The number of nitrogens with one attached hydrogen (secondary N) is 2. The van der Waals surface area contributed by atoms with Gasteiger partial charge in [-0.1, -0.05) is 35.7 Å². The summed E-state index contributed by atoms with van der Waals surface area (Å²) in [5.41, 5.74) is 5.84. The van der Waals surface area contributed by atoms with Gasteiger partial charge in [0.25, 0.3) is 11.8 Å². The van der Waals surface area contributed by atoms with E-state index < -0.39 is 11.8 Å². The van der Waals surface area contributed by atoms with E-state index in [1.54, 1.807) is 42.5 Å². The van der Waals surface area contributed by atoms with Gasteiger partial charge in [-0.05, 0) is 37.4 Å². The molecule has 0 aliphatic heterocycles. The topological polar surface area (TPSA) is 106 Å². The van der Waals surface area contributed by atoms with Crippen molar-refractivity contribution >= 4 is 34.9 Å². The maximum absolute atomic E-state index is 12.9. The van der Waals surface area contributed by atoms with Crippen LogP contribution in [0.1, 0.15) is 26.3 Å². The summed E-state index contributed by atoms with van der Waals surface area (Å²) in [7, 11) is 2.92. The minimum Gasteiger partial charge on any atom is -0.494 e. The van der Waals surface area contributed by atoms with Gasteiger partial charge in [-0.2, -0.15) is 0 Å². The van der Waals surface area contributed by atoms with Crippen molar-refractivity contribution in [3.63, 3.8) is 0 Å². The fourth-order valence-electron chi connectivity index (χ4n) is 2.56. The number of halogens is 1. The second-order valence-electron chi connectivity index (χ2n) is 5.88. The number of aromatic nitrogens is 1. The van der Waals surface area contributed by atoms with E-state index in [4.69, 9.17) is 22.8 Å². The molecule has 2 aromatic carbocycles. The van der Waals surface area contributed by atoms with Gasteiger partial charge >= 0.3 is 0 Å². The lowest BCUT2D eigenvalue weighted by atomic mass is 10.1. The summed E-state index contributed by atoms with van der Waals surface area (Å²) in [4.78, 5) is 29.6. The molecule has 0 radical (unpaired) electrons. The Hall–Kier alpha value is -3.86. The minimum absolute atomic E-state index is 0.126. The lowest BCUT2D eigenvalue weighted by Crippen LogP contribution is -2.19. The largest absolute Gasteiger partial charge is 0.494 e. The third-order valence-corrected chi connectivity index (χ3v) is 4.20. The van der Waals surface area contributed by atoms with Crippen molar-refractivity contribution in [3.8, 4) is 18.1 Å². The number of benzene rings is 2. The Morgan fingerprint density at radius 3 is 2.35 bits per heavy atom. The Bertz CT molecular complexity index is 1090. The van der Waals surface area contributed by atoms with E-state index in [1.165, 1.54) is 32.5 Å². The van der Waals surface area contributed by atoms with E-state index in [-0.39, 0.29) is 22.0 Å². The maximum atomic E-state index is 12.9. The minimum atomic E-state index is -0.518. The molecule has 31 heavy (non-hydrogen) atoms. The summed E-state index contributed by atoms with van der Waals surface area (Å²) in [6, 6.07) is 14.8. The number of carbonyl (C=O) groups excluding carboxylic acids is 2. The predicted molar refractivity (Wildman–Crippen MR) is 123 cm³/mol. The number of methoxy groups -OCH3 is 1. The zero-order chi connectivity index (χ0) is 22.8. The summed E-state index contributed by atoms with van der Waals surface area (Å²) in [5.74, 6) is 2.09. The number of terminal acetylenes is 1. The van der Waals surface area contributed by atoms with E-state index in [9.17, 15) is 9.59 Å². The van der Waals surface area contributed by atoms with Gasteiger partial charge in [0, 0.05) is 28.4 Å². The van der Waals surface area contributed by atoms with Crippen LogP contribution in [0.2, 0.25) is 5.02 Å². The molecule has 0 fully saturated rings. The van der Waals surface area contributed by atoms with E-state index in [0.29, 0.717) is 16.9 Å². The first-order valence-corrected chi connectivity index (χ1v) is 9.45. The summed E-state index contributed by atoms with van der Waals surface area (Å²) in [6.07, 6.45) is 6.77. The number of anilines is 2. The van der Waals surface area contributed by atoms with Gasteiger partial charge in [-0.3, -0.25) is 9.59 Å². The van der Waals surface area contributed by atoms with E-state index >= 15 is 0 Å². The molecule has 2 amide bonds. The normalized spacial score (nSPS) is 9.52. The van der Waals surface area contributed by atoms with Crippen LogP contribution in [0.5, 0.6) is 5.75 Å². The lowest BCUT2D eigenvalue weighted by Gasteiger charge is -2.15. The Balaban J connectivity index is 0.00000166. The number of nitrogens with two attached hydrogens (primary N) is 1. The van der Waals surface area contributed by atoms with Crippen molar-refractivity contribution in [1.82, 2.24) is 4.98 Å². The van der Waals surface area contributed by atoms with Crippen LogP contribution in [-0.4, -0.2) is 31.0 Å². The SMILES string of the molecule is C#Cc1ccc(NC(=O)c2cc(Cl)cc(OC)c2NC(=O)c2ccccc2)nc1.CN. The highest BCUT2D eigenvalue weighted by molar-refractivity contribution is 6.31. The molecule has 7 nitrogen and oxygen atoms in total. The highest BCUT2D eigenvalue weighted by atomic mass is 35.5. The molecule has 0 saturated heterocycles. The van der Waals surface area contributed by atoms with Gasteiger partial charge in [0.1, 0.15) is 11.6 Å². The molecule has 4 N–H and O–H groups in total. The average Bonchev–Trinajstić information content (AvgIpc) is 2.82. The third-order valence-electron chi connectivity index (χ3n) is 3.98. The predicted octanol–water partition coefficient (Wildman–Crippen LogP) is 3.80. The molecule has 3 aromatic rings. The van der Waals surface area contributed by atoms with Crippen LogP contribution in [0.3, 0.4) is 0 Å². The molecule has 3 rings (SSSR count). The van der Waals surface area contributed by atoms with E-state index in [2.05, 4.69) is 27.3 Å². The lowest BCUT2D eigenvalue weighted by molar-refractivity contribution is 0.102. The molecule has 0 aliphatic carbocycles. The smallest absolute Gasteiger partial charge is 0.259 e. The van der Waals surface area contributed by atoms with Crippen LogP contribution in [0.4, 0.5) is 11.5 Å². The Labute approximate surface area is 185 Å². The van der Waals surface area contributed by atoms with Gasteiger partial charge in [-0.15, -0.1) is 6.42 Å². The highest BCUT2D eigenvalue weighted by Gasteiger charge is 2.20. The monoisotopic (exact) mass is 436 g/mol. The molecule has 1 heterocycles. The molecule has 0 saturated carbocycles. The Morgan fingerprint density at radius 1 is 1.06 bits per heavy atom. The first kappa shape index (κ1) is 23.4. The van der Waals surface area contributed by atoms with Gasteiger partial charge in [0.15, 0.2) is 0 Å². The molecule has 8 heteroatoms. The van der Waals surface area contributed by atoms with Crippen LogP contribution in [0.25, 0.3) is 0 Å². The molecule has 0 atom stereocenters. The molecule has 158 valence electrons. The number of amides is 2. The summed E-state index contributed by atoms with van der Waals surface area (Å²) in [5, 5.41) is 5.66. The fourth-order valence-corrected chi connectivity index (χ4v) is 2.77. The molecule has 0 aliphatic rings. The van der Waals surface area contributed by atoms with Crippen molar-refractivity contribution in [2.45, 2.75) is 0 Å². The van der Waals surface area contributed by atoms with Crippen LogP contribution < -0.4 is 21.1 Å². The van der Waals surface area contributed by atoms with Crippen LogP contribution in [0, 0.1) is 12.3 Å². The number of rotatable bonds is 5. The zero-order valence-corrected chi connectivity index (χ0v) is 17.7. The van der Waals surface area contributed by atoms with Crippen molar-refractivity contribution in [1.29, 1.82) is 0 Å². The second-order valence-corrected chi connectivity index (χ2v) is 6.32. The standard InChI is InChI=1S/C22H16ClN3O3.CH5N/c1-3-14-9-10-19(24-13-14)25-22(28)17-11-16(23)12-18(29-2)20(17)26-21(27)15-7-5-4-6-8-15;1-2/h1,4-13H,2H3,(H,26,27)(H,24,25,28);2H2,1H3. The van der Waals surface area contributed by atoms with Gasteiger partial charge in [0.05, 0.1) is 18.4 Å². The van der Waals surface area contributed by atoms with E-state index in [0.717, 1.165) is 0 Å². The maximum Gasteiger partial charge on any atom is 0.259 e. The number of pyridine rings is 1. The van der Waals surface area contributed by atoms with Gasteiger partial charge < -0.3 is 21.1 Å². The van der Waals surface area contributed by atoms with Gasteiger partial charge in [-0.25, -0.2) is 4.98 Å². The number of ether oxygens (including phenoxy) is 1. The summed E-state index contributed by atoms with van der Waals surface area (Å²) in [6.45, 7) is 0. The quantitative estimate of drug-likeness (QED) is 0.527. The van der Waals surface area contributed by atoms with Crippen molar-refractivity contribution in [3.05, 3.63) is 82.5 Å². The Kier molecular flexibility index (Phi) is 8.58. The number of hydrogen-bond acceptors (Lipinski definition) is 5. The number of carbonyl (C=O) groups is 2. The van der Waals surface area contributed by atoms with Crippen LogP contribution in [0.15, 0.2) is 60.8 Å². The molecule has 1 aromatic heterocycles. The van der Waals surface area contributed by atoms with Crippen LogP contribution >= 0.6 is 11.6 Å².